The molecule has 1 aromatic carbocycles. The van der Waals surface area contributed by atoms with Gasteiger partial charge in [-0.25, -0.2) is 4.98 Å². The van der Waals surface area contributed by atoms with Crippen LogP contribution in [0.15, 0.2) is 30.5 Å². The van der Waals surface area contributed by atoms with E-state index in [1.807, 2.05) is 32.3 Å². The molecule has 2 rings (SSSR count). The molecule has 0 radical (unpaired) electrons. The van der Waals surface area contributed by atoms with Gasteiger partial charge in [0.25, 0.3) is 0 Å². The predicted molar refractivity (Wildman–Crippen MR) is 66.0 cm³/mol. The monoisotopic (exact) mass is 215 g/mol. The number of aromatic nitrogens is 2. The Morgan fingerprint density at radius 3 is 2.56 bits per heavy atom. The standard InChI is InChI=1S/C13H17N3/c1-9-6-4-5-7-11(9)13-15-8-12(10(2)14)16(13)3/h4-8,10H,14H2,1-3H3. The van der Waals surface area contributed by atoms with Gasteiger partial charge in [-0.1, -0.05) is 24.3 Å². The van der Waals surface area contributed by atoms with Gasteiger partial charge in [0.05, 0.1) is 11.9 Å². The third-order valence-electron chi connectivity index (χ3n) is 2.88. The van der Waals surface area contributed by atoms with Gasteiger partial charge >= 0.3 is 0 Å². The molecule has 2 N–H and O–H groups in total. The Labute approximate surface area is 95.9 Å². The summed E-state index contributed by atoms with van der Waals surface area (Å²) in [5, 5.41) is 0. The number of nitrogens with zero attached hydrogens (tertiary/aromatic N) is 2. The van der Waals surface area contributed by atoms with Gasteiger partial charge in [0.1, 0.15) is 5.82 Å². The lowest BCUT2D eigenvalue weighted by Gasteiger charge is -2.09. The van der Waals surface area contributed by atoms with Crippen LogP contribution in [0.3, 0.4) is 0 Å². The van der Waals surface area contributed by atoms with Gasteiger partial charge in [0.15, 0.2) is 0 Å². The lowest BCUT2D eigenvalue weighted by Crippen LogP contribution is -2.10. The van der Waals surface area contributed by atoms with Crippen LogP contribution in [0.2, 0.25) is 0 Å². The molecule has 1 unspecified atom stereocenters. The van der Waals surface area contributed by atoms with Crippen LogP contribution in [0, 0.1) is 6.92 Å². The van der Waals surface area contributed by atoms with Crippen molar-refractivity contribution >= 4 is 0 Å². The molecule has 1 heterocycles. The molecule has 0 saturated heterocycles. The SMILES string of the molecule is Cc1ccccc1-c1ncc(C(C)N)n1C. The quantitative estimate of drug-likeness (QED) is 0.836. The van der Waals surface area contributed by atoms with Crippen LogP contribution in [-0.4, -0.2) is 9.55 Å². The summed E-state index contributed by atoms with van der Waals surface area (Å²) in [5.74, 6) is 0.977. The van der Waals surface area contributed by atoms with Crippen molar-refractivity contribution in [3.05, 3.63) is 41.7 Å². The molecule has 1 aromatic heterocycles. The summed E-state index contributed by atoms with van der Waals surface area (Å²) in [5.41, 5.74) is 9.33. The number of hydrogen-bond donors (Lipinski definition) is 1. The molecular formula is C13H17N3. The van der Waals surface area contributed by atoms with E-state index in [4.69, 9.17) is 5.73 Å². The Hall–Kier alpha value is -1.61. The van der Waals surface area contributed by atoms with E-state index >= 15 is 0 Å². The van der Waals surface area contributed by atoms with Gasteiger partial charge in [-0.05, 0) is 19.4 Å². The summed E-state index contributed by atoms with van der Waals surface area (Å²) < 4.78 is 2.06. The van der Waals surface area contributed by atoms with Gasteiger partial charge < -0.3 is 10.3 Å². The van der Waals surface area contributed by atoms with Crippen molar-refractivity contribution in [1.29, 1.82) is 0 Å². The first-order chi connectivity index (χ1) is 7.61. The highest BCUT2D eigenvalue weighted by Crippen LogP contribution is 2.23. The summed E-state index contributed by atoms with van der Waals surface area (Å²) in [7, 11) is 2.01. The Bertz CT molecular complexity index is 498. The first kappa shape index (κ1) is 10.9. The molecule has 2 aromatic rings. The average Bonchev–Trinajstić information content (AvgIpc) is 2.61. The number of hydrogen-bond acceptors (Lipinski definition) is 2. The number of rotatable bonds is 2. The zero-order valence-corrected chi connectivity index (χ0v) is 9.94. The maximum atomic E-state index is 5.88. The minimum Gasteiger partial charge on any atom is -0.330 e. The van der Waals surface area contributed by atoms with Crippen molar-refractivity contribution in [2.75, 3.05) is 0 Å². The van der Waals surface area contributed by atoms with Gasteiger partial charge in [-0.15, -0.1) is 0 Å². The van der Waals surface area contributed by atoms with E-state index in [9.17, 15) is 0 Å². The van der Waals surface area contributed by atoms with Crippen LogP contribution in [0.25, 0.3) is 11.4 Å². The fraction of sp³-hybridized carbons (Fsp3) is 0.308. The molecule has 3 nitrogen and oxygen atoms in total. The summed E-state index contributed by atoms with van der Waals surface area (Å²) in [4.78, 5) is 4.45. The second-order valence-electron chi connectivity index (χ2n) is 4.17. The topological polar surface area (TPSA) is 43.8 Å². The zero-order chi connectivity index (χ0) is 11.7. The van der Waals surface area contributed by atoms with Crippen LogP contribution in [-0.2, 0) is 7.05 Å². The third-order valence-corrected chi connectivity index (χ3v) is 2.88. The molecule has 0 aliphatic heterocycles. The van der Waals surface area contributed by atoms with Crippen LogP contribution in [0.5, 0.6) is 0 Å². The van der Waals surface area contributed by atoms with E-state index in [0.717, 1.165) is 17.1 Å². The second kappa shape index (κ2) is 4.10. The summed E-state index contributed by atoms with van der Waals surface area (Å²) in [6, 6.07) is 8.25. The number of nitrogens with two attached hydrogens (primary N) is 1. The average molecular weight is 215 g/mol. The molecule has 84 valence electrons. The zero-order valence-electron chi connectivity index (χ0n) is 9.94. The Morgan fingerprint density at radius 1 is 1.31 bits per heavy atom. The lowest BCUT2D eigenvalue weighted by atomic mass is 10.1. The largest absolute Gasteiger partial charge is 0.330 e. The van der Waals surface area contributed by atoms with Crippen molar-refractivity contribution < 1.29 is 0 Å². The van der Waals surface area contributed by atoms with Crippen LogP contribution >= 0.6 is 0 Å². The van der Waals surface area contributed by atoms with Crippen molar-refractivity contribution in [2.45, 2.75) is 19.9 Å². The molecule has 0 spiro atoms. The van der Waals surface area contributed by atoms with Gasteiger partial charge in [0.2, 0.25) is 0 Å². The lowest BCUT2D eigenvalue weighted by molar-refractivity contribution is 0.718. The molecular weight excluding hydrogens is 198 g/mol. The summed E-state index contributed by atoms with van der Waals surface area (Å²) in [6.45, 7) is 4.06. The molecule has 0 fully saturated rings. The van der Waals surface area contributed by atoms with Crippen molar-refractivity contribution in [3.8, 4) is 11.4 Å². The fourth-order valence-electron chi connectivity index (χ4n) is 1.92. The van der Waals surface area contributed by atoms with Crippen LogP contribution in [0.4, 0.5) is 0 Å². The van der Waals surface area contributed by atoms with Crippen molar-refractivity contribution in [3.63, 3.8) is 0 Å². The highest BCUT2D eigenvalue weighted by atomic mass is 15.1. The van der Waals surface area contributed by atoms with Gasteiger partial charge in [-0.2, -0.15) is 0 Å². The molecule has 1 atom stereocenters. The van der Waals surface area contributed by atoms with Crippen LogP contribution in [0.1, 0.15) is 24.2 Å². The van der Waals surface area contributed by atoms with E-state index in [2.05, 4.69) is 28.6 Å². The second-order valence-corrected chi connectivity index (χ2v) is 4.17. The third kappa shape index (κ3) is 1.74. The maximum Gasteiger partial charge on any atom is 0.140 e. The fourth-order valence-corrected chi connectivity index (χ4v) is 1.92. The Kier molecular flexibility index (Phi) is 2.79. The Balaban J connectivity index is 2.54. The molecule has 0 bridgehead atoms. The van der Waals surface area contributed by atoms with E-state index in [1.165, 1.54) is 5.56 Å². The highest BCUT2D eigenvalue weighted by Gasteiger charge is 2.12. The number of aryl methyl sites for hydroxylation is 1. The normalized spacial score (nSPS) is 12.8. The minimum absolute atomic E-state index is 0.00951. The molecule has 0 aliphatic carbocycles. The minimum atomic E-state index is 0.00951. The van der Waals surface area contributed by atoms with E-state index in [1.54, 1.807) is 0 Å². The first-order valence-electron chi connectivity index (χ1n) is 5.44. The van der Waals surface area contributed by atoms with E-state index in [-0.39, 0.29) is 6.04 Å². The first-order valence-corrected chi connectivity index (χ1v) is 5.44. The molecule has 0 saturated carbocycles. The van der Waals surface area contributed by atoms with E-state index < -0.39 is 0 Å². The Morgan fingerprint density at radius 2 is 2.00 bits per heavy atom. The number of imidazole rings is 1. The number of benzene rings is 1. The van der Waals surface area contributed by atoms with Gasteiger partial charge in [0, 0.05) is 18.7 Å². The molecule has 3 heteroatoms. The van der Waals surface area contributed by atoms with Crippen LogP contribution < -0.4 is 5.73 Å². The van der Waals surface area contributed by atoms with Crippen molar-refractivity contribution in [1.82, 2.24) is 9.55 Å². The maximum absolute atomic E-state index is 5.88. The molecule has 0 aliphatic rings. The van der Waals surface area contributed by atoms with Crippen molar-refractivity contribution in [2.24, 2.45) is 12.8 Å². The van der Waals surface area contributed by atoms with E-state index in [0.29, 0.717) is 0 Å². The van der Waals surface area contributed by atoms with Gasteiger partial charge in [-0.3, -0.25) is 0 Å². The predicted octanol–water partition coefficient (Wildman–Crippen LogP) is 2.42. The smallest absolute Gasteiger partial charge is 0.140 e. The summed E-state index contributed by atoms with van der Waals surface area (Å²) in [6.07, 6.45) is 1.85. The highest BCUT2D eigenvalue weighted by molar-refractivity contribution is 5.60. The molecule has 0 amide bonds. The summed E-state index contributed by atoms with van der Waals surface area (Å²) >= 11 is 0. The molecule has 16 heavy (non-hydrogen) atoms.